The molecule has 0 saturated carbocycles. The zero-order valence-electron chi connectivity index (χ0n) is 19.3. The van der Waals surface area contributed by atoms with E-state index in [1.165, 1.54) is 0 Å². The van der Waals surface area contributed by atoms with E-state index < -0.39 is 0 Å². The van der Waals surface area contributed by atoms with E-state index in [1.807, 2.05) is 92.7 Å². The molecule has 0 fully saturated rings. The van der Waals surface area contributed by atoms with Gasteiger partial charge in [-0.15, -0.1) is 0 Å². The fourth-order valence-corrected chi connectivity index (χ4v) is 3.75. The van der Waals surface area contributed by atoms with Crippen LogP contribution in [0.4, 0.5) is 17.2 Å². The zero-order valence-corrected chi connectivity index (χ0v) is 19.3. The fourth-order valence-electron chi connectivity index (χ4n) is 3.75. The molecule has 2 aromatic carbocycles. The minimum absolute atomic E-state index is 0.244. The van der Waals surface area contributed by atoms with Crippen molar-refractivity contribution in [2.24, 2.45) is 0 Å². The number of nitrogens with zero attached hydrogens (tertiary/aromatic N) is 5. The van der Waals surface area contributed by atoms with Crippen LogP contribution in [0.25, 0.3) is 17.1 Å². The topological polar surface area (TPSA) is 97.6 Å². The number of carbonyl (C=O) groups excluding carboxylic acids is 1. The van der Waals surface area contributed by atoms with Crippen molar-refractivity contribution in [2.45, 2.75) is 13.8 Å². The number of benzene rings is 2. The van der Waals surface area contributed by atoms with E-state index in [2.05, 4.69) is 30.7 Å². The fraction of sp³-hybridized carbons (Fsp3) is 0.0741. The van der Waals surface area contributed by atoms with Crippen LogP contribution in [0.5, 0.6) is 0 Å². The zero-order chi connectivity index (χ0) is 24.2. The van der Waals surface area contributed by atoms with Crippen LogP contribution in [0.3, 0.4) is 0 Å². The minimum atomic E-state index is -0.244. The highest BCUT2D eigenvalue weighted by Crippen LogP contribution is 2.24. The lowest BCUT2D eigenvalue weighted by Crippen LogP contribution is -2.13. The summed E-state index contributed by atoms with van der Waals surface area (Å²) in [6.45, 7) is 3.71. The summed E-state index contributed by atoms with van der Waals surface area (Å²) in [4.78, 5) is 26.3. The molecule has 0 saturated heterocycles. The number of carbonyl (C=O) groups is 1. The van der Waals surface area contributed by atoms with Crippen LogP contribution in [0.1, 0.15) is 21.9 Å². The largest absolute Gasteiger partial charge is 0.340 e. The van der Waals surface area contributed by atoms with Gasteiger partial charge < -0.3 is 10.6 Å². The summed E-state index contributed by atoms with van der Waals surface area (Å²) in [6.07, 6.45) is 3.24. The van der Waals surface area contributed by atoms with Crippen LogP contribution < -0.4 is 10.6 Å². The SMILES string of the molecule is Cc1nc(Nc2cccc(NC(=O)c3cnn(-c4ccccn4)c3C)c2)cc(-c2ccccc2)n1. The van der Waals surface area contributed by atoms with Crippen molar-refractivity contribution < 1.29 is 4.79 Å². The molecule has 0 bridgehead atoms. The predicted molar refractivity (Wildman–Crippen MR) is 136 cm³/mol. The number of nitrogens with one attached hydrogen (secondary N) is 2. The highest BCUT2D eigenvalue weighted by Gasteiger charge is 2.16. The average Bonchev–Trinajstić information content (AvgIpc) is 3.26. The highest BCUT2D eigenvalue weighted by molar-refractivity contribution is 6.05. The second-order valence-electron chi connectivity index (χ2n) is 7.95. The molecule has 5 rings (SSSR count). The first-order chi connectivity index (χ1) is 17.1. The number of aromatic nitrogens is 5. The standard InChI is InChI=1S/C27H23N7O/c1-18-23(17-29-34(18)26-13-6-7-14-28-26)27(35)33-22-12-8-11-21(15-22)32-25-16-24(30-19(2)31-25)20-9-4-3-5-10-20/h3-17H,1-2H3,(H,33,35)(H,30,31,32). The highest BCUT2D eigenvalue weighted by atomic mass is 16.1. The van der Waals surface area contributed by atoms with Crippen molar-refractivity contribution in [3.05, 3.63) is 108 Å². The maximum atomic E-state index is 13.0. The first kappa shape index (κ1) is 22.0. The summed E-state index contributed by atoms with van der Waals surface area (Å²) in [7, 11) is 0. The molecule has 3 aromatic heterocycles. The van der Waals surface area contributed by atoms with E-state index >= 15 is 0 Å². The summed E-state index contributed by atoms with van der Waals surface area (Å²) >= 11 is 0. The molecule has 0 spiro atoms. The molecule has 0 radical (unpaired) electrons. The summed E-state index contributed by atoms with van der Waals surface area (Å²) in [5, 5.41) is 10.6. The molecule has 35 heavy (non-hydrogen) atoms. The molecule has 3 heterocycles. The molecule has 2 N–H and O–H groups in total. The molecule has 0 aliphatic heterocycles. The third-order valence-electron chi connectivity index (χ3n) is 5.42. The van der Waals surface area contributed by atoms with Gasteiger partial charge in [0.2, 0.25) is 0 Å². The second-order valence-corrected chi connectivity index (χ2v) is 7.95. The van der Waals surface area contributed by atoms with E-state index in [9.17, 15) is 4.79 Å². The van der Waals surface area contributed by atoms with Gasteiger partial charge in [0, 0.05) is 29.2 Å². The molecule has 172 valence electrons. The Morgan fingerprint density at radius 3 is 2.46 bits per heavy atom. The van der Waals surface area contributed by atoms with Crippen molar-refractivity contribution in [3.63, 3.8) is 0 Å². The third-order valence-corrected chi connectivity index (χ3v) is 5.42. The Morgan fingerprint density at radius 1 is 0.857 bits per heavy atom. The van der Waals surface area contributed by atoms with Gasteiger partial charge in [-0.25, -0.2) is 19.6 Å². The predicted octanol–water partition coefficient (Wildman–Crippen LogP) is 5.34. The number of aryl methyl sites for hydroxylation is 1. The molecule has 0 aliphatic carbocycles. The van der Waals surface area contributed by atoms with Gasteiger partial charge in [-0.2, -0.15) is 5.10 Å². The maximum Gasteiger partial charge on any atom is 0.259 e. The number of anilines is 3. The molecule has 0 aliphatic rings. The Morgan fingerprint density at radius 2 is 1.66 bits per heavy atom. The molecule has 0 unspecified atom stereocenters. The van der Waals surface area contributed by atoms with Crippen molar-refractivity contribution in [2.75, 3.05) is 10.6 Å². The van der Waals surface area contributed by atoms with Crippen molar-refractivity contribution in [3.8, 4) is 17.1 Å². The third kappa shape index (κ3) is 4.91. The number of pyridine rings is 1. The lowest BCUT2D eigenvalue weighted by Gasteiger charge is -2.11. The quantitative estimate of drug-likeness (QED) is 0.354. The summed E-state index contributed by atoms with van der Waals surface area (Å²) in [5.74, 6) is 1.75. The summed E-state index contributed by atoms with van der Waals surface area (Å²) < 4.78 is 1.65. The number of hydrogen-bond donors (Lipinski definition) is 2. The molecule has 8 nitrogen and oxygen atoms in total. The van der Waals surface area contributed by atoms with E-state index in [0.29, 0.717) is 34.4 Å². The van der Waals surface area contributed by atoms with Gasteiger partial charge >= 0.3 is 0 Å². The molecular formula is C27H23N7O. The van der Waals surface area contributed by atoms with Crippen LogP contribution in [-0.4, -0.2) is 30.6 Å². The van der Waals surface area contributed by atoms with Gasteiger partial charge in [-0.05, 0) is 44.2 Å². The van der Waals surface area contributed by atoms with Gasteiger partial charge in [-0.3, -0.25) is 4.79 Å². The Balaban J connectivity index is 1.34. The Hall–Kier alpha value is -4.85. The van der Waals surface area contributed by atoms with E-state index in [-0.39, 0.29) is 5.91 Å². The van der Waals surface area contributed by atoms with Crippen molar-refractivity contribution in [1.82, 2.24) is 24.7 Å². The molecule has 1 amide bonds. The van der Waals surface area contributed by atoms with E-state index in [4.69, 9.17) is 0 Å². The van der Waals surface area contributed by atoms with Gasteiger partial charge in [0.1, 0.15) is 11.6 Å². The lowest BCUT2D eigenvalue weighted by molar-refractivity contribution is 0.102. The minimum Gasteiger partial charge on any atom is -0.340 e. The smallest absolute Gasteiger partial charge is 0.259 e. The van der Waals surface area contributed by atoms with Crippen LogP contribution in [-0.2, 0) is 0 Å². The lowest BCUT2D eigenvalue weighted by atomic mass is 10.1. The first-order valence-corrected chi connectivity index (χ1v) is 11.1. The molecule has 0 atom stereocenters. The van der Waals surface area contributed by atoms with E-state index in [0.717, 1.165) is 16.9 Å². The second kappa shape index (κ2) is 9.56. The van der Waals surface area contributed by atoms with Crippen LogP contribution in [0, 0.1) is 13.8 Å². The van der Waals surface area contributed by atoms with Crippen molar-refractivity contribution in [1.29, 1.82) is 0 Å². The van der Waals surface area contributed by atoms with Gasteiger partial charge in [0.25, 0.3) is 5.91 Å². The van der Waals surface area contributed by atoms with Crippen LogP contribution in [0.2, 0.25) is 0 Å². The van der Waals surface area contributed by atoms with Gasteiger partial charge in [-0.1, -0.05) is 42.5 Å². The normalized spacial score (nSPS) is 10.7. The van der Waals surface area contributed by atoms with Crippen molar-refractivity contribution >= 4 is 23.1 Å². The number of hydrogen-bond acceptors (Lipinski definition) is 6. The molecule has 5 aromatic rings. The van der Waals surface area contributed by atoms with Crippen LogP contribution in [0.15, 0.2) is 91.3 Å². The Labute approximate surface area is 202 Å². The number of rotatable bonds is 6. The molecular weight excluding hydrogens is 438 g/mol. The average molecular weight is 462 g/mol. The maximum absolute atomic E-state index is 13.0. The van der Waals surface area contributed by atoms with Gasteiger partial charge in [0.15, 0.2) is 5.82 Å². The first-order valence-electron chi connectivity index (χ1n) is 11.1. The summed E-state index contributed by atoms with van der Waals surface area (Å²) in [5.41, 5.74) is 4.49. The van der Waals surface area contributed by atoms with E-state index in [1.54, 1.807) is 17.1 Å². The Bertz CT molecular complexity index is 1480. The monoisotopic (exact) mass is 461 g/mol. The molecule has 8 heteroatoms. The van der Waals surface area contributed by atoms with Gasteiger partial charge in [0.05, 0.1) is 23.1 Å². The van der Waals surface area contributed by atoms with Crippen LogP contribution >= 0.6 is 0 Å². The summed E-state index contributed by atoms with van der Waals surface area (Å²) in [6, 6.07) is 24.9. The Kier molecular flexibility index (Phi) is 6.00. The number of amides is 1.